The van der Waals surface area contributed by atoms with E-state index in [1.54, 1.807) is 11.1 Å². The van der Waals surface area contributed by atoms with Gasteiger partial charge in [0.05, 0.1) is 0 Å². The summed E-state index contributed by atoms with van der Waals surface area (Å²) in [4.78, 5) is 5.54. The predicted molar refractivity (Wildman–Crippen MR) is 82.9 cm³/mol. The Morgan fingerprint density at radius 3 is 2.75 bits per heavy atom. The van der Waals surface area contributed by atoms with Gasteiger partial charge in [-0.1, -0.05) is 30.7 Å². The number of nitrogens with zero attached hydrogens (tertiary/aromatic N) is 2. The average molecular weight is 270 g/mol. The van der Waals surface area contributed by atoms with Gasteiger partial charge in [-0.15, -0.1) is 0 Å². The third-order valence-electron chi connectivity index (χ3n) is 5.65. The van der Waals surface area contributed by atoms with Gasteiger partial charge in [-0.3, -0.25) is 9.80 Å². The van der Waals surface area contributed by atoms with Crippen molar-refractivity contribution < 1.29 is 0 Å². The molecule has 4 rings (SSSR count). The maximum Gasteiger partial charge on any atom is 0.0352 e. The number of fused-ring (bicyclic) bond motifs is 2. The molecule has 0 spiro atoms. The summed E-state index contributed by atoms with van der Waals surface area (Å²) in [7, 11) is 0. The van der Waals surface area contributed by atoms with Gasteiger partial charge in [-0.25, -0.2) is 0 Å². The van der Waals surface area contributed by atoms with Crippen molar-refractivity contribution in [2.24, 2.45) is 0 Å². The van der Waals surface area contributed by atoms with Crippen LogP contribution in [-0.2, 0) is 6.42 Å². The molecule has 0 radical (unpaired) electrons. The van der Waals surface area contributed by atoms with Crippen LogP contribution in [0.3, 0.4) is 0 Å². The molecule has 0 aromatic heterocycles. The van der Waals surface area contributed by atoms with E-state index < -0.39 is 0 Å². The van der Waals surface area contributed by atoms with E-state index in [4.69, 9.17) is 0 Å². The third kappa shape index (κ3) is 2.29. The molecule has 2 aliphatic heterocycles. The Bertz CT molecular complexity index is 470. The highest BCUT2D eigenvalue weighted by Crippen LogP contribution is 2.36. The number of piperazine rings is 1. The lowest BCUT2D eigenvalue weighted by Crippen LogP contribution is -2.55. The van der Waals surface area contributed by atoms with Crippen LogP contribution in [0.2, 0.25) is 0 Å². The maximum atomic E-state index is 2.80. The minimum Gasteiger partial charge on any atom is -0.298 e. The van der Waals surface area contributed by atoms with Gasteiger partial charge < -0.3 is 0 Å². The van der Waals surface area contributed by atoms with Crippen molar-refractivity contribution in [1.29, 1.82) is 0 Å². The van der Waals surface area contributed by atoms with Gasteiger partial charge in [0.15, 0.2) is 0 Å². The van der Waals surface area contributed by atoms with Gasteiger partial charge in [0, 0.05) is 31.7 Å². The Labute approximate surface area is 122 Å². The summed E-state index contributed by atoms with van der Waals surface area (Å²) in [5.41, 5.74) is 3.23. The Morgan fingerprint density at radius 1 is 0.850 bits per heavy atom. The average Bonchev–Trinajstić information content (AvgIpc) is 2.54. The Morgan fingerprint density at radius 2 is 1.75 bits per heavy atom. The molecule has 2 nitrogen and oxygen atoms in total. The molecule has 0 N–H and O–H groups in total. The summed E-state index contributed by atoms with van der Waals surface area (Å²) in [6.07, 6.45) is 8.30. The topological polar surface area (TPSA) is 6.48 Å². The summed E-state index contributed by atoms with van der Waals surface area (Å²) in [5.74, 6) is 0. The highest BCUT2D eigenvalue weighted by atomic mass is 15.3. The van der Waals surface area contributed by atoms with Crippen molar-refractivity contribution >= 4 is 0 Å². The predicted octanol–water partition coefficient (Wildman–Crippen LogP) is 3.23. The zero-order chi connectivity index (χ0) is 13.4. The van der Waals surface area contributed by atoms with E-state index >= 15 is 0 Å². The zero-order valence-corrected chi connectivity index (χ0v) is 12.4. The van der Waals surface area contributed by atoms with E-state index in [9.17, 15) is 0 Å². The van der Waals surface area contributed by atoms with Crippen molar-refractivity contribution in [3.8, 4) is 0 Å². The highest BCUT2D eigenvalue weighted by Gasteiger charge is 2.33. The van der Waals surface area contributed by atoms with E-state index in [0.29, 0.717) is 6.04 Å². The van der Waals surface area contributed by atoms with Gasteiger partial charge >= 0.3 is 0 Å². The summed E-state index contributed by atoms with van der Waals surface area (Å²) in [6.45, 7) is 5.22. The normalized spacial score (nSPS) is 31.6. The molecule has 2 unspecified atom stereocenters. The molecule has 2 atom stereocenters. The molecular formula is C18H26N2. The maximum absolute atomic E-state index is 2.80. The molecular weight excluding hydrogens is 244 g/mol. The van der Waals surface area contributed by atoms with Crippen LogP contribution < -0.4 is 0 Å². The Kier molecular flexibility index (Phi) is 3.53. The highest BCUT2D eigenvalue weighted by molar-refractivity contribution is 5.32. The van der Waals surface area contributed by atoms with E-state index in [0.717, 1.165) is 6.04 Å². The molecule has 0 saturated carbocycles. The summed E-state index contributed by atoms with van der Waals surface area (Å²) >= 11 is 0. The quantitative estimate of drug-likeness (QED) is 0.773. The minimum absolute atomic E-state index is 0.698. The Balaban J connectivity index is 1.54. The van der Waals surface area contributed by atoms with E-state index in [1.807, 2.05) is 0 Å². The first-order valence-electron chi connectivity index (χ1n) is 8.48. The van der Waals surface area contributed by atoms with E-state index in [2.05, 4.69) is 34.1 Å². The summed E-state index contributed by atoms with van der Waals surface area (Å²) in [6, 6.07) is 10.7. The van der Waals surface area contributed by atoms with Gasteiger partial charge in [0.1, 0.15) is 0 Å². The van der Waals surface area contributed by atoms with Gasteiger partial charge in [-0.05, 0) is 49.8 Å². The molecule has 1 aliphatic carbocycles. The van der Waals surface area contributed by atoms with Crippen LogP contribution in [0.4, 0.5) is 0 Å². The fourth-order valence-corrected chi connectivity index (χ4v) is 4.57. The molecule has 108 valence electrons. The Hall–Kier alpha value is -0.860. The van der Waals surface area contributed by atoms with Crippen molar-refractivity contribution in [2.45, 2.75) is 50.6 Å². The number of piperidine rings is 1. The molecule has 20 heavy (non-hydrogen) atoms. The van der Waals surface area contributed by atoms with Crippen LogP contribution in [0.15, 0.2) is 24.3 Å². The van der Waals surface area contributed by atoms with Gasteiger partial charge in [0.25, 0.3) is 0 Å². The smallest absolute Gasteiger partial charge is 0.0352 e. The lowest BCUT2D eigenvalue weighted by Gasteiger charge is -2.47. The minimum atomic E-state index is 0.698. The first-order chi connectivity index (χ1) is 9.92. The second-order valence-electron chi connectivity index (χ2n) is 6.79. The van der Waals surface area contributed by atoms with Crippen molar-refractivity contribution in [2.75, 3.05) is 26.2 Å². The molecule has 2 heteroatoms. The van der Waals surface area contributed by atoms with Crippen molar-refractivity contribution in [3.63, 3.8) is 0 Å². The van der Waals surface area contributed by atoms with Crippen LogP contribution in [-0.4, -0.2) is 42.0 Å². The SMILES string of the molecule is c1ccc2c(c1)CCCC2N1CCN2CCCCC2C1. The molecule has 0 amide bonds. The lowest BCUT2D eigenvalue weighted by molar-refractivity contribution is 0.0228. The summed E-state index contributed by atoms with van der Waals surface area (Å²) < 4.78 is 0. The second-order valence-corrected chi connectivity index (χ2v) is 6.79. The van der Waals surface area contributed by atoms with Gasteiger partial charge in [-0.2, -0.15) is 0 Å². The molecule has 1 aromatic rings. The first kappa shape index (κ1) is 12.8. The second kappa shape index (κ2) is 5.50. The van der Waals surface area contributed by atoms with Crippen LogP contribution in [0, 0.1) is 0 Å². The molecule has 1 aromatic carbocycles. The van der Waals surface area contributed by atoms with Gasteiger partial charge in [0.2, 0.25) is 0 Å². The monoisotopic (exact) mass is 270 g/mol. The molecule has 2 saturated heterocycles. The van der Waals surface area contributed by atoms with Crippen LogP contribution in [0.25, 0.3) is 0 Å². The largest absolute Gasteiger partial charge is 0.298 e. The van der Waals surface area contributed by atoms with Crippen LogP contribution in [0.5, 0.6) is 0 Å². The zero-order valence-electron chi connectivity index (χ0n) is 12.4. The number of rotatable bonds is 1. The molecule has 2 fully saturated rings. The van der Waals surface area contributed by atoms with E-state index in [1.165, 1.54) is 64.7 Å². The fourth-order valence-electron chi connectivity index (χ4n) is 4.57. The molecule has 2 heterocycles. The number of hydrogen-bond donors (Lipinski definition) is 0. The first-order valence-corrected chi connectivity index (χ1v) is 8.48. The van der Waals surface area contributed by atoms with E-state index in [-0.39, 0.29) is 0 Å². The number of aryl methyl sites for hydroxylation is 1. The molecule has 3 aliphatic rings. The lowest BCUT2D eigenvalue weighted by atomic mass is 9.86. The van der Waals surface area contributed by atoms with Crippen molar-refractivity contribution in [1.82, 2.24) is 9.80 Å². The number of benzene rings is 1. The van der Waals surface area contributed by atoms with Crippen LogP contribution in [0.1, 0.15) is 49.3 Å². The summed E-state index contributed by atoms with van der Waals surface area (Å²) in [5, 5.41) is 0. The molecule has 0 bridgehead atoms. The van der Waals surface area contributed by atoms with Crippen LogP contribution >= 0.6 is 0 Å². The third-order valence-corrected chi connectivity index (χ3v) is 5.65. The standard InChI is InChI=1S/C18H26N2/c1-2-9-17-15(6-1)7-5-10-18(17)20-13-12-19-11-4-3-8-16(19)14-20/h1-2,6,9,16,18H,3-5,7-8,10-14H2. The fraction of sp³-hybridized carbons (Fsp3) is 0.667. The number of hydrogen-bond acceptors (Lipinski definition) is 2. The van der Waals surface area contributed by atoms with Crippen molar-refractivity contribution in [3.05, 3.63) is 35.4 Å².